The van der Waals surface area contributed by atoms with Gasteiger partial charge in [-0.2, -0.15) is 5.11 Å². The first-order valence-corrected chi connectivity index (χ1v) is 7.88. The van der Waals surface area contributed by atoms with E-state index in [-0.39, 0.29) is 11.8 Å². The fourth-order valence-electron chi connectivity index (χ4n) is 3.06. The number of hydrogen-bond acceptors (Lipinski definition) is 6. The lowest BCUT2D eigenvalue weighted by Gasteiger charge is -2.20. The third kappa shape index (κ3) is 2.36. The van der Waals surface area contributed by atoms with Gasteiger partial charge in [-0.3, -0.25) is 9.59 Å². The van der Waals surface area contributed by atoms with Crippen molar-refractivity contribution in [3.8, 4) is 5.75 Å². The number of carbonyl (C=O) groups excluding carboxylic acids is 2. The normalized spacial score (nSPS) is 21.8. The van der Waals surface area contributed by atoms with Gasteiger partial charge < -0.3 is 4.74 Å². The molecule has 2 aliphatic heterocycles. The zero-order valence-corrected chi connectivity index (χ0v) is 13.8. The number of methoxy groups -OCH3 is 1. The van der Waals surface area contributed by atoms with Gasteiger partial charge in [-0.1, -0.05) is 22.9 Å². The van der Waals surface area contributed by atoms with Crippen LogP contribution in [-0.2, 0) is 9.59 Å². The molecule has 2 atom stereocenters. The van der Waals surface area contributed by atoms with E-state index in [1.165, 1.54) is 9.91 Å². The smallest absolute Gasteiger partial charge is 0.263 e. The molecule has 2 aromatic rings. The van der Waals surface area contributed by atoms with Crippen LogP contribution in [0.2, 0.25) is 0 Å². The van der Waals surface area contributed by atoms with Gasteiger partial charge in [0.1, 0.15) is 5.75 Å². The maximum Gasteiger partial charge on any atom is 0.263 e. The molecule has 0 aliphatic carbocycles. The molecule has 2 heterocycles. The molecule has 7 nitrogen and oxygen atoms in total. The number of carbonyl (C=O) groups is 2. The average molecular weight is 336 g/mol. The number of amides is 2. The third-order valence-corrected chi connectivity index (χ3v) is 4.41. The van der Waals surface area contributed by atoms with Crippen LogP contribution < -0.4 is 14.6 Å². The fourth-order valence-corrected chi connectivity index (χ4v) is 3.06. The number of hydrogen-bond donors (Lipinski definition) is 0. The molecule has 4 rings (SSSR count). The number of anilines is 2. The molecule has 0 aromatic heterocycles. The lowest BCUT2D eigenvalue weighted by molar-refractivity contribution is -0.121. The van der Waals surface area contributed by atoms with Crippen molar-refractivity contribution in [3.63, 3.8) is 0 Å². The lowest BCUT2D eigenvalue weighted by atomic mass is 10.1. The monoisotopic (exact) mass is 336 g/mol. The third-order valence-electron chi connectivity index (χ3n) is 4.41. The molecule has 0 saturated carbocycles. The molecule has 1 fully saturated rings. The van der Waals surface area contributed by atoms with Crippen molar-refractivity contribution in [2.24, 2.45) is 10.3 Å². The van der Waals surface area contributed by atoms with Gasteiger partial charge in [0.15, 0.2) is 12.1 Å². The van der Waals surface area contributed by atoms with Crippen molar-refractivity contribution in [2.75, 3.05) is 17.0 Å². The Bertz CT molecular complexity index is 861. The van der Waals surface area contributed by atoms with Gasteiger partial charge in [-0.05, 0) is 43.3 Å². The molecule has 1 saturated heterocycles. The van der Waals surface area contributed by atoms with Crippen molar-refractivity contribution in [1.82, 2.24) is 0 Å². The van der Waals surface area contributed by atoms with Crippen molar-refractivity contribution in [2.45, 2.75) is 19.0 Å². The largest absolute Gasteiger partial charge is 0.497 e. The summed E-state index contributed by atoms with van der Waals surface area (Å²) in [6.45, 7) is 1.95. The van der Waals surface area contributed by atoms with Crippen LogP contribution in [0.4, 0.5) is 11.4 Å². The highest BCUT2D eigenvalue weighted by Gasteiger charge is 2.55. The van der Waals surface area contributed by atoms with E-state index in [1.807, 2.05) is 19.1 Å². The summed E-state index contributed by atoms with van der Waals surface area (Å²) in [5, 5.41) is 9.57. The topological polar surface area (TPSA) is 74.6 Å². The highest BCUT2D eigenvalue weighted by atomic mass is 16.5. The molecule has 0 radical (unpaired) electrons. The quantitative estimate of drug-likeness (QED) is 0.807. The highest BCUT2D eigenvalue weighted by Crippen LogP contribution is 2.35. The zero-order chi connectivity index (χ0) is 17.6. The Morgan fingerprint density at radius 3 is 2.20 bits per heavy atom. The van der Waals surface area contributed by atoms with E-state index >= 15 is 0 Å². The van der Waals surface area contributed by atoms with Crippen molar-refractivity contribution in [1.29, 1.82) is 0 Å². The van der Waals surface area contributed by atoms with Crippen LogP contribution >= 0.6 is 0 Å². The van der Waals surface area contributed by atoms with Crippen LogP contribution in [0.5, 0.6) is 5.75 Å². The molecule has 0 bridgehead atoms. The van der Waals surface area contributed by atoms with Gasteiger partial charge >= 0.3 is 0 Å². The summed E-state index contributed by atoms with van der Waals surface area (Å²) >= 11 is 0. The molecule has 25 heavy (non-hydrogen) atoms. The number of ether oxygens (including phenoxy) is 1. The number of nitrogens with zero attached hydrogens (tertiary/aromatic N) is 4. The zero-order valence-electron chi connectivity index (χ0n) is 13.8. The first kappa shape index (κ1) is 15.3. The number of benzene rings is 2. The summed E-state index contributed by atoms with van der Waals surface area (Å²) in [6, 6.07) is 12.8. The van der Waals surface area contributed by atoms with Crippen molar-refractivity contribution >= 4 is 23.2 Å². The minimum Gasteiger partial charge on any atom is -0.497 e. The molecular weight excluding hydrogens is 320 g/mol. The number of fused-ring (bicyclic) bond motifs is 1. The Balaban J connectivity index is 1.66. The first-order chi connectivity index (χ1) is 12.1. The summed E-state index contributed by atoms with van der Waals surface area (Å²) in [5.41, 5.74) is 2.30. The Morgan fingerprint density at radius 2 is 1.56 bits per heavy atom. The maximum atomic E-state index is 12.9. The van der Waals surface area contributed by atoms with Crippen LogP contribution in [0.3, 0.4) is 0 Å². The first-order valence-electron chi connectivity index (χ1n) is 7.88. The van der Waals surface area contributed by atoms with Gasteiger partial charge in [0.05, 0.1) is 18.5 Å². The second-order valence-electron chi connectivity index (χ2n) is 5.98. The SMILES string of the molecule is COc1ccc(N2N=N[C@@H]3C(=O)N(c4ccc(C)cc4)C(=O)[C@H]32)cc1. The minimum absolute atomic E-state index is 0.320. The summed E-state index contributed by atoms with van der Waals surface area (Å²) in [6.07, 6.45) is 0. The molecule has 0 unspecified atom stereocenters. The van der Waals surface area contributed by atoms with Crippen LogP contribution in [-0.4, -0.2) is 31.0 Å². The summed E-state index contributed by atoms with van der Waals surface area (Å²) in [5.74, 6) is 0.0322. The van der Waals surface area contributed by atoms with Crippen LogP contribution in [0, 0.1) is 6.92 Å². The van der Waals surface area contributed by atoms with Gasteiger partial charge in [-0.15, -0.1) is 0 Å². The minimum atomic E-state index is -0.809. The van der Waals surface area contributed by atoms with E-state index < -0.39 is 12.1 Å². The van der Waals surface area contributed by atoms with Gasteiger partial charge in [0.25, 0.3) is 11.8 Å². The average Bonchev–Trinajstić information content (AvgIpc) is 3.17. The maximum absolute atomic E-state index is 12.9. The Kier molecular flexibility index (Phi) is 3.49. The molecule has 0 N–H and O–H groups in total. The van der Waals surface area contributed by atoms with Crippen LogP contribution in [0.15, 0.2) is 58.9 Å². The molecular formula is C18H16N4O3. The van der Waals surface area contributed by atoms with E-state index in [0.717, 1.165) is 5.56 Å². The molecule has 7 heteroatoms. The van der Waals surface area contributed by atoms with E-state index in [4.69, 9.17) is 4.74 Å². The second kappa shape index (κ2) is 5.70. The number of rotatable bonds is 3. The van der Waals surface area contributed by atoms with Gasteiger partial charge in [0.2, 0.25) is 0 Å². The molecule has 2 aliphatic rings. The summed E-state index contributed by atoms with van der Waals surface area (Å²) < 4.78 is 5.14. The number of aryl methyl sites for hydroxylation is 1. The number of imide groups is 1. The Labute approximate surface area is 144 Å². The van der Waals surface area contributed by atoms with E-state index in [9.17, 15) is 9.59 Å². The predicted octanol–water partition coefficient (Wildman–Crippen LogP) is 2.50. The van der Waals surface area contributed by atoms with Crippen molar-refractivity contribution in [3.05, 3.63) is 54.1 Å². The summed E-state index contributed by atoms with van der Waals surface area (Å²) in [4.78, 5) is 26.8. The van der Waals surface area contributed by atoms with E-state index in [2.05, 4.69) is 10.3 Å². The second-order valence-corrected chi connectivity index (χ2v) is 5.98. The molecule has 0 spiro atoms. The fraction of sp³-hybridized carbons (Fsp3) is 0.222. The Hall–Kier alpha value is -3.22. The molecule has 126 valence electrons. The predicted molar refractivity (Wildman–Crippen MR) is 91.6 cm³/mol. The van der Waals surface area contributed by atoms with Gasteiger partial charge in [-0.25, -0.2) is 9.91 Å². The summed E-state index contributed by atoms with van der Waals surface area (Å²) in [7, 11) is 1.58. The highest BCUT2D eigenvalue weighted by molar-refractivity contribution is 6.26. The van der Waals surface area contributed by atoms with Crippen LogP contribution in [0.25, 0.3) is 0 Å². The lowest BCUT2D eigenvalue weighted by Crippen LogP contribution is -2.39. The standard InChI is InChI=1S/C18H16N4O3/c1-11-3-5-12(6-4-11)21-17(23)15-16(18(21)24)22(20-19-15)13-7-9-14(25-2)10-8-13/h3-10,15-16H,1-2H3/t15-,16-/m0/s1. The van der Waals surface area contributed by atoms with Gasteiger partial charge in [0, 0.05) is 0 Å². The molecule has 2 amide bonds. The van der Waals surface area contributed by atoms with Crippen LogP contribution in [0.1, 0.15) is 5.56 Å². The van der Waals surface area contributed by atoms with E-state index in [0.29, 0.717) is 17.1 Å². The molecule has 2 aromatic carbocycles. The van der Waals surface area contributed by atoms with Crippen molar-refractivity contribution < 1.29 is 14.3 Å². The van der Waals surface area contributed by atoms with E-state index in [1.54, 1.807) is 43.5 Å². The Morgan fingerprint density at radius 1 is 0.920 bits per heavy atom.